The number of amides is 3. The molecule has 8 heteroatoms. The third-order valence-electron chi connectivity index (χ3n) is 7.05. The van der Waals surface area contributed by atoms with Gasteiger partial charge in [0.1, 0.15) is 17.9 Å². The molecule has 1 aliphatic heterocycles. The van der Waals surface area contributed by atoms with Gasteiger partial charge in [-0.1, -0.05) is 60.7 Å². The number of carbonyl (C=O) groups is 3. The van der Waals surface area contributed by atoms with E-state index in [4.69, 9.17) is 5.73 Å². The zero-order chi connectivity index (χ0) is 27.2. The van der Waals surface area contributed by atoms with Crippen molar-refractivity contribution in [1.29, 1.82) is 0 Å². The Kier molecular flexibility index (Phi) is 8.53. The summed E-state index contributed by atoms with van der Waals surface area (Å²) in [4.78, 5) is 43.1. The van der Waals surface area contributed by atoms with Gasteiger partial charge in [-0.3, -0.25) is 14.4 Å². The minimum absolute atomic E-state index is 0.202. The number of carbonyl (C=O) groups excluding carboxylic acids is 3. The van der Waals surface area contributed by atoms with Crippen molar-refractivity contribution in [2.75, 3.05) is 20.1 Å². The molecule has 3 unspecified atom stereocenters. The lowest BCUT2D eigenvalue weighted by Gasteiger charge is -2.43. The van der Waals surface area contributed by atoms with Crippen LogP contribution in [-0.2, 0) is 27.2 Å². The summed E-state index contributed by atoms with van der Waals surface area (Å²) in [5.41, 5.74) is 7.90. The van der Waals surface area contributed by atoms with Crippen LogP contribution in [0.2, 0.25) is 0 Å². The normalized spacial score (nSPS) is 17.2. The Balaban J connectivity index is 1.53. The highest BCUT2D eigenvalue weighted by Crippen LogP contribution is 2.23. The highest BCUT2D eigenvalue weighted by molar-refractivity contribution is 5.94. The van der Waals surface area contributed by atoms with Crippen molar-refractivity contribution in [3.8, 4) is 0 Å². The van der Waals surface area contributed by atoms with Gasteiger partial charge in [-0.05, 0) is 46.9 Å². The molecule has 0 radical (unpaired) electrons. The van der Waals surface area contributed by atoms with Gasteiger partial charge in [0.15, 0.2) is 0 Å². The van der Waals surface area contributed by atoms with Gasteiger partial charge in [-0.15, -0.1) is 6.58 Å². The maximum absolute atomic E-state index is 13.7. The number of benzene rings is 3. The molecule has 4 rings (SSSR count). The zero-order valence-corrected chi connectivity index (χ0v) is 21.5. The van der Waals surface area contributed by atoms with E-state index in [1.165, 1.54) is 17.0 Å². The van der Waals surface area contributed by atoms with Gasteiger partial charge < -0.3 is 20.9 Å². The summed E-state index contributed by atoms with van der Waals surface area (Å²) >= 11 is 0. The number of nitrogens with two attached hydrogens (primary N) is 1. The average molecular weight is 517 g/mol. The number of piperazine rings is 1. The summed E-state index contributed by atoms with van der Waals surface area (Å²) in [7, 11) is 1.55. The van der Waals surface area contributed by atoms with Crippen LogP contribution in [0.5, 0.6) is 0 Å². The topological polar surface area (TPSA) is 95.7 Å². The first-order valence-corrected chi connectivity index (χ1v) is 12.7. The Morgan fingerprint density at radius 3 is 2.42 bits per heavy atom. The summed E-state index contributed by atoms with van der Waals surface area (Å²) in [5.74, 6) is -1.31. The van der Waals surface area contributed by atoms with E-state index in [-0.39, 0.29) is 49.5 Å². The summed E-state index contributed by atoms with van der Waals surface area (Å²) in [6.07, 6.45) is 2.39. The fourth-order valence-corrected chi connectivity index (χ4v) is 5.04. The van der Waals surface area contributed by atoms with E-state index in [1.54, 1.807) is 30.2 Å². The van der Waals surface area contributed by atoms with Crippen molar-refractivity contribution in [2.45, 2.75) is 37.4 Å². The van der Waals surface area contributed by atoms with Crippen molar-refractivity contribution in [1.82, 2.24) is 15.1 Å². The maximum atomic E-state index is 13.7. The summed E-state index contributed by atoms with van der Waals surface area (Å²) < 4.78 is 13.3. The van der Waals surface area contributed by atoms with Crippen molar-refractivity contribution in [3.63, 3.8) is 0 Å². The molecule has 1 heterocycles. The van der Waals surface area contributed by atoms with Crippen molar-refractivity contribution in [2.24, 2.45) is 5.73 Å². The van der Waals surface area contributed by atoms with Gasteiger partial charge in [-0.25, -0.2) is 4.39 Å². The van der Waals surface area contributed by atoms with Crippen LogP contribution >= 0.6 is 0 Å². The number of halogens is 1. The molecule has 38 heavy (non-hydrogen) atoms. The number of nitrogens with zero attached hydrogens (tertiary/aromatic N) is 2. The molecular weight excluding hydrogens is 483 g/mol. The SMILES string of the molecule is C=CCC1C(=O)N(C(Cc2ccc3ccccc3c2)C(=O)NC)CCN1C(=O)C(N)Cc1ccc(F)cc1. The Hall–Kier alpha value is -4.04. The fourth-order valence-electron chi connectivity index (χ4n) is 5.04. The standard InChI is InChI=1S/C30H33FN4O3/c1-3-6-26-30(38)35(16-15-34(26)29(37)25(32)18-20-10-13-24(31)14-11-20)27(28(36)33-2)19-21-9-12-22-7-4-5-8-23(22)17-21/h3-5,7-14,17,25-27H,1,6,15-16,18-19,32H2,2H3,(H,33,36). The molecule has 7 nitrogen and oxygen atoms in total. The minimum atomic E-state index is -0.889. The van der Waals surface area contributed by atoms with Gasteiger partial charge in [0.05, 0.1) is 6.04 Å². The maximum Gasteiger partial charge on any atom is 0.246 e. The van der Waals surface area contributed by atoms with Crippen molar-refractivity contribution >= 4 is 28.5 Å². The summed E-state index contributed by atoms with van der Waals surface area (Å²) in [5, 5.41) is 4.84. The van der Waals surface area contributed by atoms with E-state index in [1.807, 2.05) is 42.5 Å². The van der Waals surface area contributed by atoms with E-state index < -0.39 is 18.1 Å². The number of rotatable bonds is 9. The van der Waals surface area contributed by atoms with E-state index >= 15 is 0 Å². The Bertz CT molecular complexity index is 1330. The second kappa shape index (κ2) is 12.0. The minimum Gasteiger partial charge on any atom is -0.357 e. The quantitative estimate of drug-likeness (QED) is 0.428. The molecule has 3 N–H and O–H groups in total. The molecule has 0 saturated carbocycles. The van der Waals surface area contributed by atoms with E-state index in [0.29, 0.717) is 6.42 Å². The third kappa shape index (κ3) is 5.92. The zero-order valence-electron chi connectivity index (χ0n) is 21.5. The number of hydrogen-bond donors (Lipinski definition) is 2. The van der Waals surface area contributed by atoms with Crippen LogP contribution in [0.25, 0.3) is 10.8 Å². The molecule has 0 bridgehead atoms. The molecular formula is C30H33FN4O3. The molecule has 3 amide bonds. The van der Waals surface area contributed by atoms with Crippen LogP contribution in [0.4, 0.5) is 4.39 Å². The Morgan fingerprint density at radius 1 is 1.05 bits per heavy atom. The number of nitrogens with one attached hydrogen (secondary N) is 1. The second-order valence-corrected chi connectivity index (χ2v) is 9.56. The van der Waals surface area contributed by atoms with Gasteiger partial charge in [0.2, 0.25) is 17.7 Å². The lowest BCUT2D eigenvalue weighted by molar-refractivity contribution is -0.156. The van der Waals surface area contributed by atoms with Crippen molar-refractivity contribution in [3.05, 3.63) is 96.3 Å². The summed E-state index contributed by atoms with van der Waals surface area (Å²) in [6.45, 7) is 4.21. The van der Waals surface area contributed by atoms with Crippen LogP contribution < -0.4 is 11.1 Å². The average Bonchev–Trinajstić information content (AvgIpc) is 2.93. The lowest BCUT2D eigenvalue weighted by Crippen LogP contribution is -2.65. The number of fused-ring (bicyclic) bond motifs is 1. The van der Waals surface area contributed by atoms with Gasteiger partial charge >= 0.3 is 0 Å². The van der Waals surface area contributed by atoms with Crippen LogP contribution in [0.15, 0.2) is 79.4 Å². The fraction of sp³-hybridized carbons (Fsp3) is 0.300. The highest BCUT2D eigenvalue weighted by atomic mass is 19.1. The Labute approximate surface area is 222 Å². The number of likely N-dealkylation sites (N-methyl/N-ethyl adjacent to an activating group) is 1. The molecule has 1 saturated heterocycles. The van der Waals surface area contributed by atoms with Gasteiger partial charge in [0.25, 0.3) is 0 Å². The lowest BCUT2D eigenvalue weighted by atomic mass is 9.97. The van der Waals surface area contributed by atoms with E-state index in [2.05, 4.69) is 11.9 Å². The van der Waals surface area contributed by atoms with Crippen molar-refractivity contribution < 1.29 is 18.8 Å². The first kappa shape index (κ1) is 27.0. The van der Waals surface area contributed by atoms with Crippen LogP contribution in [0.1, 0.15) is 17.5 Å². The van der Waals surface area contributed by atoms with Gasteiger partial charge in [0, 0.05) is 26.6 Å². The Morgan fingerprint density at radius 2 is 1.74 bits per heavy atom. The monoisotopic (exact) mass is 516 g/mol. The van der Waals surface area contributed by atoms with Crippen LogP contribution in [0, 0.1) is 5.82 Å². The molecule has 0 spiro atoms. The molecule has 198 valence electrons. The van der Waals surface area contributed by atoms with E-state index in [9.17, 15) is 18.8 Å². The molecule has 0 aliphatic carbocycles. The molecule has 0 aromatic heterocycles. The first-order valence-electron chi connectivity index (χ1n) is 12.7. The highest BCUT2D eigenvalue weighted by Gasteiger charge is 2.42. The summed E-state index contributed by atoms with van der Waals surface area (Å²) in [6, 6.07) is 17.4. The predicted octanol–water partition coefficient (Wildman–Crippen LogP) is 2.82. The smallest absolute Gasteiger partial charge is 0.246 e. The largest absolute Gasteiger partial charge is 0.357 e. The molecule has 3 aromatic rings. The number of hydrogen-bond acceptors (Lipinski definition) is 4. The van der Waals surface area contributed by atoms with Crippen LogP contribution in [0.3, 0.4) is 0 Å². The molecule has 1 fully saturated rings. The van der Waals surface area contributed by atoms with Gasteiger partial charge in [-0.2, -0.15) is 0 Å². The molecule has 3 atom stereocenters. The van der Waals surface area contributed by atoms with E-state index in [0.717, 1.165) is 21.9 Å². The second-order valence-electron chi connectivity index (χ2n) is 9.56. The first-order chi connectivity index (χ1) is 18.3. The molecule has 3 aromatic carbocycles. The third-order valence-corrected chi connectivity index (χ3v) is 7.05. The van der Waals surface area contributed by atoms with Crippen LogP contribution in [-0.4, -0.2) is 65.8 Å². The molecule has 1 aliphatic rings. The predicted molar refractivity (Wildman–Crippen MR) is 146 cm³/mol.